The number of nitrogens with two attached hydrogens (primary N) is 1. The Bertz CT molecular complexity index is 1430. The quantitative estimate of drug-likeness (QED) is 0.418. The molecule has 0 aliphatic carbocycles. The molecule has 3 aromatic heterocycles. The number of nitrogens with zero attached hydrogens (tertiary/aromatic N) is 5. The van der Waals surface area contributed by atoms with E-state index in [1.54, 1.807) is 4.90 Å². The van der Waals surface area contributed by atoms with Gasteiger partial charge in [0.25, 0.3) is 0 Å². The van der Waals surface area contributed by atoms with Crippen molar-refractivity contribution in [1.82, 2.24) is 24.6 Å². The van der Waals surface area contributed by atoms with E-state index < -0.39 is 5.54 Å². The van der Waals surface area contributed by atoms with Crippen LogP contribution in [0.3, 0.4) is 0 Å². The number of amides is 1. The lowest BCUT2D eigenvalue weighted by atomic mass is 9.95. The van der Waals surface area contributed by atoms with Crippen LogP contribution in [0.25, 0.3) is 33.4 Å². The molecule has 0 radical (unpaired) electrons. The van der Waals surface area contributed by atoms with Crippen molar-refractivity contribution in [2.75, 3.05) is 13.6 Å². The third-order valence-corrected chi connectivity index (χ3v) is 6.75. The van der Waals surface area contributed by atoms with Gasteiger partial charge < -0.3 is 10.6 Å². The molecule has 1 amide bonds. The maximum Gasteiger partial charge on any atom is 0.222 e. The highest BCUT2D eigenvalue weighted by Crippen LogP contribution is 2.39. The van der Waals surface area contributed by atoms with E-state index in [9.17, 15) is 4.79 Å². The Labute approximate surface area is 212 Å². The summed E-state index contributed by atoms with van der Waals surface area (Å²) in [7, 11) is 1.82. The molecule has 4 aromatic rings. The average Bonchev–Trinajstić information content (AvgIpc) is 3.42. The van der Waals surface area contributed by atoms with E-state index in [1.165, 1.54) is 5.69 Å². The summed E-state index contributed by atoms with van der Waals surface area (Å²) < 4.78 is 2.14. The molecule has 0 fully saturated rings. The fourth-order valence-electron chi connectivity index (χ4n) is 5.18. The number of benzene rings is 1. The van der Waals surface area contributed by atoms with Gasteiger partial charge in [-0.15, -0.1) is 0 Å². The van der Waals surface area contributed by atoms with Gasteiger partial charge in [0, 0.05) is 60.6 Å². The van der Waals surface area contributed by atoms with E-state index in [0.29, 0.717) is 19.4 Å². The van der Waals surface area contributed by atoms with Gasteiger partial charge in [0.1, 0.15) is 5.69 Å². The first-order valence-corrected chi connectivity index (χ1v) is 12.6. The number of carbonyl (C=O) groups is 1. The van der Waals surface area contributed by atoms with Crippen molar-refractivity contribution in [2.24, 2.45) is 5.73 Å². The van der Waals surface area contributed by atoms with Crippen molar-refractivity contribution in [2.45, 2.75) is 58.5 Å². The number of likely N-dealkylation sites (N-methyl/N-ethyl adjacent to an activating group) is 1. The van der Waals surface area contributed by atoms with Crippen LogP contribution in [0.1, 0.15) is 43.6 Å². The van der Waals surface area contributed by atoms with Crippen molar-refractivity contribution < 1.29 is 4.79 Å². The first-order chi connectivity index (χ1) is 17.2. The van der Waals surface area contributed by atoms with Crippen LogP contribution in [0.15, 0.2) is 48.7 Å². The molecule has 0 unspecified atom stereocenters. The third kappa shape index (κ3) is 4.88. The number of hydrogen-bond acceptors (Lipinski definition) is 5. The zero-order valence-electron chi connectivity index (χ0n) is 21.6. The lowest BCUT2D eigenvalue weighted by molar-refractivity contribution is -0.130. The molecule has 1 aliphatic rings. The van der Waals surface area contributed by atoms with Gasteiger partial charge in [-0.25, -0.2) is 0 Å². The summed E-state index contributed by atoms with van der Waals surface area (Å²) in [6.07, 6.45) is 5.09. The van der Waals surface area contributed by atoms with Crippen LogP contribution in [0, 0.1) is 6.92 Å². The van der Waals surface area contributed by atoms with Crippen LogP contribution >= 0.6 is 0 Å². The van der Waals surface area contributed by atoms with Crippen LogP contribution in [-0.2, 0) is 24.2 Å². The van der Waals surface area contributed by atoms with Crippen molar-refractivity contribution in [3.63, 3.8) is 0 Å². The average molecular weight is 483 g/mol. The predicted molar refractivity (Wildman–Crippen MR) is 143 cm³/mol. The Morgan fingerprint density at radius 2 is 2.03 bits per heavy atom. The van der Waals surface area contributed by atoms with Crippen LogP contribution in [0.5, 0.6) is 0 Å². The minimum atomic E-state index is -0.408. The normalized spacial score (nSPS) is 13.2. The van der Waals surface area contributed by atoms with Crippen LogP contribution < -0.4 is 5.73 Å². The van der Waals surface area contributed by atoms with E-state index in [0.717, 1.165) is 64.1 Å². The Kier molecular flexibility index (Phi) is 6.35. The monoisotopic (exact) mass is 482 g/mol. The molecule has 7 nitrogen and oxygen atoms in total. The summed E-state index contributed by atoms with van der Waals surface area (Å²) in [5.74, 6) is 0.0982. The van der Waals surface area contributed by atoms with Gasteiger partial charge in [-0.05, 0) is 75.4 Å². The lowest BCUT2D eigenvalue weighted by Gasteiger charge is -2.26. The lowest BCUT2D eigenvalue weighted by Crippen LogP contribution is -2.46. The van der Waals surface area contributed by atoms with Gasteiger partial charge in [-0.2, -0.15) is 5.10 Å². The standard InChI is InChI=1S/C29H34N6O/c1-19-7-5-8-23(32-19)28-27(25-9-6-16-35(25)33-28)22-14-15-31-24-17-20(10-12-21(22)24)11-13-26(36)34(4)18-29(2,3)30/h5,7-8,10,12,14-15,17H,6,9,11,13,16,18,30H2,1-4H3. The number of aromatic nitrogens is 4. The second kappa shape index (κ2) is 9.47. The fraction of sp³-hybridized carbons (Fsp3) is 0.379. The van der Waals surface area contributed by atoms with Crippen LogP contribution in [0.4, 0.5) is 0 Å². The molecule has 0 bridgehead atoms. The van der Waals surface area contributed by atoms with Crippen molar-refractivity contribution in [3.05, 3.63) is 65.6 Å². The summed E-state index contributed by atoms with van der Waals surface area (Å²) in [6, 6.07) is 14.5. The number of pyridine rings is 2. The Balaban J connectivity index is 1.47. The highest BCUT2D eigenvalue weighted by Gasteiger charge is 2.26. The molecule has 0 atom stereocenters. The molecule has 0 saturated heterocycles. The van der Waals surface area contributed by atoms with E-state index in [1.807, 2.05) is 52.2 Å². The first kappa shape index (κ1) is 24.1. The summed E-state index contributed by atoms with van der Waals surface area (Å²) >= 11 is 0. The number of fused-ring (bicyclic) bond motifs is 2. The summed E-state index contributed by atoms with van der Waals surface area (Å²) in [5.41, 5.74) is 14.1. The second-order valence-electron chi connectivity index (χ2n) is 10.6. The fourth-order valence-corrected chi connectivity index (χ4v) is 5.18. The molecule has 1 aromatic carbocycles. The zero-order chi connectivity index (χ0) is 25.4. The molecule has 186 valence electrons. The molecular weight excluding hydrogens is 448 g/mol. The Morgan fingerprint density at radius 1 is 1.19 bits per heavy atom. The van der Waals surface area contributed by atoms with Crippen LogP contribution in [-0.4, -0.2) is 49.7 Å². The van der Waals surface area contributed by atoms with Gasteiger partial charge in [0.2, 0.25) is 5.91 Å². The summed E-state index contributed by atoms with van der Waals surface area (Å²) in [5, 5.41) is 6.07. The van der Waals surface area contributed by atoms with Gasteiger partial charge in [0.05, 0.1) is 11.2 Å². The molecule has 0 saturated carbocycles. The predicted octanol–water partition coefficient (Wildman–Crippen LogP) is 4.54. The number of carbonyl (C=O) groups excluding carboxylic acids is 1. The summed E-state index contributed by atoms with van der Waals surface area (Å²) in [4.78, 5) is 23.8. The van der Waals surface area contributed by atoms with E-state index in [-0.39, 0.29) is 5.91 Å². The van der Waals surface area contributed by atoms with Gasteiger partial charge in [-0.3, -0.25) is 19.4 Å². The SMILES string of the molecule is Cc1cccc(-c2nn3c(c2-c2ccnc4cc(CCC(=O)N(C)CC(C)(C)N)ccc24)CCC3)n1. The largest absolute Gasteiger partial charge is 0.344 e. The number of hydrogen-bond donors (Lipinski definition) is 1. The molecule has 5 rings (SSSR count). The smallest absolute Gasteiger partial charge is 0.222 e. The van der Waals surface area contributed by atoms with Crippen molar-refractivity contribution in [3.8, 4) is 22.5 Å². The Morgan fingerprint density at radius 3 is 2.81 bits per heavy atom. The molecule has 2 N–H and O–H groups in total. The molecule has 4 heterocycles. The minimum Gasteiger partial charge on any atom is -0.344 e. The van der Waals surface area contributed by atoms with Crippen molar-refractivity contribution >= 4 is 16.8 Å². The Hall–Kier alpha value is -3.58. The zero-order valence-corrected chi connectivity index (χ0v) is 21.6. The molecule has 36 heavy (non-hydrogen) atoms. The maximum atomic E-state index is 12.6. The van der Waals surface area contributed by atoms with Crippen LogP contribution in [0.2, 0.25) is 0 Å². The number of aryl methyl sites for hydroxylation is 3. The molecule has 0 spiro atoms. The molecule has 1 aliphatic heterocycles. The highest BCUT2D eigenvalue weighted by atomic mass is 16.2. The van der Waals surface area contributed by atoms with Gasteiger partial charge in [0.15, 0.2) is 0 Å². The number of rotatable bonds is 7. The van der Waals surface area contributed by atoms with Crippen molar-refractivity contribution in [1.29, 1.82) is 0 Å². The summed E-state index contributed by atoms with van der Waals surface area (Å²) in [6.45, 7) is 7.34. The van der Waals surface area contributed by atoms with E-state index in [2.05, 4.69) is 33.9 Å². The second-order valence-corrected chi connectivity index (χ2v) is 10.6. The molecule has 7 heteroatoms. The van der Waals surface area contributed by atoms with Gasteiger partial charge >= 0.3 is 0 Å². The maximum absolute atomic E-state index is 12.6. The minimum absolute atomic E-state index is 0.0982. The highest BCUT2D eigenvalue weighted by molar-refractivity contribution is 5.99. The third-order valence-electron chi connectivity index (χ3n) is 6.75. The topological polar surface area (TPSA) is 89.9 Å². The van der Waals surface area contributed by atoms with Gasteiger partial charge in [-0.1, -0.05) is 18.2 Å². The first-order valence-electron chi connectivity index (χ1n) is 12.6. The molecular formula is C29H34N6O. The van der Waals surface area contributed by atoms with E-state index in [4.69, 9.17) is 15.8 Å². The van der Waals surface area contributed by atoms with E-state index >= 15 is 0 Å².